The van der Waals surface area contributed by atoms with Crippen LogP contribution in [0.4, 0.5) is 0 Å². The molecule has 0 aliphatic rings. The molecular weight excluding hydrogens is 482 g/mol. The second-order valence-corrected chi connectivity index (χ2v) is 7.97. The number of hydrazine groups is 1. The summed E-state index contributed by atoms with van der Waals surface area (Å²) >= 11 is 23.8. The third-order valence-corrected chi connectivity index (χ3v) is 5.32. The normalized spacial score (nSPS) is 11.6. The number of rotatable bonds is 7. The van der Waals surface area contributed by atoms with Crippen molar-refractivity contribution in [2.45, 2.75) is 6.04 Å². The zero-order valence-electron chi connectivity index (χ0n) is 15.8. The van der Waals surface area contributed by atoms with Crippen molar-refractivity contribution in [2.24, 2.45) is 0 Å². The maximum atomic E-state index is 12.9. The van der Waals surface area contributed by atoms with Gasteiger partial charge in [-0.15, -0.1) is 0 Å². The van der Waals surface area contributed by atoms with E-state index in [2.05, 4.69) is 16.3 Å². The van der Waals surface area contributed by atoms with Crippen LogP contribution in [0, 0.1) is 5.41 Å². The highest BCUT2D eigenvalue weighted by Crippen LogP contribution is 2.26. The molecule has 0 saturated heterocycles. The van der Waals surface area contributed by atoms with Crippen LogP contribution in [0.5, 0.6) is 5.75 Å². The second kappa shape index (κ2) is 10.8. The number of benzene rings is 3. The van der Waals surface area contributed by atoms with Gasteiger partial charge in [0.15, 0.2) is 5.75 Å². The fraction of sp³-hybridized carbons (Fsp3) is 0.0476. The lowest BCUT2D eigenvalue weighted by Crippen LogP contribution is -2.46. The molecular formula is C21H16Cl4N4O2. The third kappa shape index (κ3) is 6.58. The number of hydrogen-bond acceptors (Lipinski definition) is 5. The predicted octanol–water partition coefficient (Wildman–Crippen LogP) is 5.57. The number of amides is 1. The summed E-state index contributed by atoms with van der Waals surface area (Å²) in [5, 5.41) is 12.4. The Hall–Kier alpha value is -2.32. The maximum Gasteiger partial charge on any atom is 0.248 e. The number of halogens is 4. The molecule has 1 atom stereocenters. The molecule has 0 radical (unpaired) electrons. The molecule has 6 nitrogen and oxygen atoms in total. The van der Waals surface area contributed by atoms with Gasteiger partial charge in [-0.1, -0.05) is 76.3 Å². The first-order valence-corrected chi connectivity index (χ1v) is 10.4. The third-order valence-electron chi connectivity index (χ3n) is 4.09. The van der Waals surface area contributed by atoms with Crippen LogP contribution in [0.15, 0.2) is 66.7 Å². The van der Waals surface area contributed by atoms with Gasteiger partial charge in [0.25, 0.3) is 0 Å². The minimum atomic E-state index is -0.917. The smallest absolute Gasteiger partial charge is 0.248 e. The van der Waals surface area contributed by atoms with Gasteiger partial charge in [0.05, 0.1) is 10.0 Å². The van der Waals surface area contributed by atoms with E-state index in [0.29, 0.717) is 37.0 Å². The molecule has 0 aromatic heterocycles. The highest BCUT2D eigenvalue weighted by atomic mass is 35.5. The zero-order chi connectivity index (χ0) is 22.4. The minimum Gasteiger partial charge on any atom is -0.394 e. The van der Waals surface area contributed by atoms with Gasteiger partial charge in [0, 0.05) is 21.7 Å². The monoisotopic (exact) mass is 496 g/mol. The van der Waals surface area contributed by atoms with Crippen molar-refractivity contribution in [1.82, 2.24) is 16.3 Å². The highest BCUT2D eigenvalue weighted by Gasteiger charge is 2.22. The number of hydrogen-bond donors (Lipinski definition) is 4. The first-order chi connectivity index (χ1) is 14.8. The molecule has 3 rings (SSSR count). The van der Waals surface area contributed by atoms with Gasteiger partial charge in [-0.3, -0.25) is 10.2 Å². The summed E-state index contributed by atoms with van der Waals surface area (Å²) in [6.45, 7) is 0. The van der Waals surface area contributed by atoms with Crippen molar-refractivity contribution in [3.63, 3.8) is 0 Å². The Morgan fingerprint density at radius 2 is 1.61 bits per heavy atom. The average molecular weight is 498 g/mol. The number of amidine groups is 1. The van der Waals surface area contributed by atoms with Crippen LogP contribution in [0.25, 0.3) is 0 Å². The van der Waals surface area contributed by atoms with E-state index in [9.17, 15) is 4.79 Å². The van der Waals surface area contributed by atoms with Crippen LogP contribution >= 0.6 is 46.4 Å². The van der Waals surface area contributed by atoms with Crippen molar-refractivity contribution in [2.75, 3.05) is 0 Å². The van der Waals surface area contributed by atoms with Gasteiger partial charge in [-0.2, -0.15) is 0 Å². The Kier molecular flexibility index (Phi) is 8.15. The Balaban J connectivity index is 1.72. The molecule has 160 valence electrons. The molecule has 0 fully saturated rings. The molecule has 0 aliphatic heterocycles. The molecule has 1 unspecified atom stereocenters. The second-order valence-electron chi connectivity index (χ2n) is 6.28. The molecule has 4 N–H and O–H groups in total. The molecule has 31 heavy (non-hydrogen) atoms. The summed E-state index contributed by atoms with van der Waals surface area (Å²) < 4.78 is 0. The van der Waals surface area contributed by atoms with Crippen molar-refractivity contribution < 1.29 is 9.63 Å². The van der Waals surface area contributed by atoms with E-state index in [1.54, 1.807) is 60.7 Å². The Morgan fingerprint density at radius 1 is 0.871 bits per heavy atom. The molecule has 0 heterocycles. The van der Waals surface area contributed by atoms with Gasteiger partial charge >= 0.3 is 0 Å². The van der Waals surface area contributed by atoms with Crippen LogP contribution in [0.3, 0.4) is 0 Å². The molecule has 0 saturated carbocycles. The fourth-order valence-corrected chi connectivity index (χ4v) is 3.16. The lowest BCUT2D eigenvalue weighted by atomic mass is 10.1. The molecule has 0 aliphatic carbocycles. The fourth-order valence-electron chi connectivity index (χ4n) is 2.55. The van der Waals surface area contributed by atoms with Gasteiger partial charge in [0.1, 0.15) is 11.9 Å². The first-order valence-electron chi connectivity index (χ1n) is 8.87. The van der Waals surface area contributed by atoms with Gasteiger partial charge < -0.3 is 10.2 Å². The maximum absolute atomic E-state index is 12.9. The van der Waals surface area contributed by atoms with E-state index in [-0.39, 0.29) is 5.84 Å². The SMILES string of the molecule is N=C(NC(=O)C(NNOc1ccc(Cl)c(Cl)c1)c1ccc(Cl)cc1)c1cccc(Cl)c1. The molecule has 3 aromatic carbocycles. The standard InChI is InChI=1S/C21H16Cl4N4O2/c22-14-6-4-12(5-7-14)19(28-29-31-16-8-9-17(24)18(25)11-16)21(30)27-20(26)13-2-1-3-15(23)10-13/h1-11,19,28-29H,(H2,26,27,30). The molecule has 0 bridgehead atoms. The van der Waals surface area contributed by atoms with Crippen LogP contribution < -0.4 is 21.2 Å². The lowest BCUT2D eigenvalue weighted by Gasteiger charge is -2.20. The summed E-state index contributed by atoms with van der Waals surface area (Å²) in [6.07, 6.45) is 0. The van der Waals surface area contributed by atoms with Gasteiger partial charge in [-0.05, 0) is 42.0 Å². The molecule has 10 heteroatoms. The van der Waals surface area contributed by atoms with Crippen LogP contribution in [-0.2, 0) is 4.79 Å². The minimum absolute atomic E-state index is 0.0985. The number of carbonyl (C=O) groups excluding carboxylic acids is 1. The van der Waals surface area contributed by atoms with E-state index in [1.807, 2.05) is 0 Å². The summed E-state index contributed by atoms with van der Waals surface area (Å²) in [6, 6.07) is 17.1. The van der Waals surface area contributed by atoms with E-state index in [1.165, 1.54) is 6.07 Å². The Morgan fingerprint density at radius 3 is 2.29 bits per heavy atom. The number of carbonyl (C=O) groups is 1. The van der Waals surface area contributed by atoms with Crippen LogP contribution in [-0.4, -0.2) is 11.7 Å². The summed E-state index contributed by atoms with van der Waals surface area (Å²) in [7, 11) is 0. The first kappa shape index (κ1) is 23.3. The van der Waals surface area contributed by atoms with Gasteiger partial charge in [-0.25, -0.2) is 5.43 Å². The van der Waals surface area contributed by atoms with Crippen molar-refractivity contribution >= 4 is 58.1 Å². The van der Waals surface area contributed by atoms with E-state index < -0.39 is 11.9 Å². The summed E-state index contributed by atoms with van der Waals surface area (Å²) in [4.78, 5) is 18.3. The van der Waals surface area contributed by atoms with Crippen molar-refractivity contribution in [3.05, 3.63) is 97.9 Å². The summed E-state index contributed by atoms with van der Waals surface area (Å²) in [5.74, 6) is -0.222. The van der Waals surface area contributed by atoms with E-state index in [4.69, 9.17) is 56.7 Å². The van der Waals surface area contributed by atoms with E-state index >= 15 is 0 Å². The van der Waals surface area contributed by atoms with Crippen molar-refractivity contribution in [3.8, 4) is 5.75 Å². The lowest BCUT2D eigenvalue weighted by molar-refractivity contribution is -0.122. The average Bonchev–Trinajstić information content (AvgIpc) is 2.74. The number of nitrogens with one attached hydrogen (secondary N) is 4. The Labute approximate surface area is 198 Å². The quantitative estimate of drug-likeness (QED) is 0.195. The topological polar surface area (TPSA) is 86.2 Å². The van der Waals surface area contributed by atoms with Crippen LogP contribution in [0.1, 0.15) is 17.2 Å². The van der Waals surface area contributed by atoms with Crippen LogP contribution in [0.2, 0.25) is 20.1 Å². The molecule has 0 spiro atoms. The Bertz CT molecular complexity index is 1090. The highest BCUT2D eigenvalue weighted by molar-refractivity contribution is 6.42. The van der Waals surface area contributed by atoms with E-state index in [0.717, 1.165) is 0 Å². The largest absolute Gasteiger partial charge is 0.394 e. The molecule has 3 aromatic rings. The van der Waals surface area contributed by atoms with Crippen molar-refractivity contribution in [1.29, 1.82) is 5.41 Å². The van der Waals surface area contributed by atoms with Gasteiger partial charge in [0.2, 0.25) is 5.91 Å². The molecule has 1 amide bonds. The predicted molar refractivity (Wildman–Crippen MR) is 124 cm³/mol. The zero-order valence-corrected chi connectivity index (χ0v) is 18.8. The summed E-state index contributed by atoms with van der Waals surface area (Å²) in [5.41, 5.74) is 6.36.